The Morgan fingerprint density at radius 1 is 0.800 bits per heavy atom. The normalized spacial score (nSPS) is 19.3. The van der Waals surface area contributed by atoms with Crippen LogP contribution in [0.25, 0.3) is 16.7 Å². The number of ketones is 1. The molecule has 0 fully saturated rings. The van der Waals surface area contributed by atoms with Crippen molar-refractivity contribution in [1.29, 1.82) is 0 Å². The third kappa shape index (κ3) is 3.14. The molecule has 1 nitrogen and oxygen atoms in total. The zero-order chi connectivity index (χ0) is 21.0. The first-order chi connectivity index (χ1) is 14.4. The molecular weight excluding hydrogens is 500 g/mol. The molecule has 3 aromatic rings. The van der Waals surface area contributed by atoms with Gasteiger partial charge in [-0.2, -0.15) is 0 Å². The minimum Gasteiger partial charge on any atom is -0.295 e. The summed E-state index contributed by atoms with van der Waals surface area (Å²) in [6, 6.07) is 21.5. The molecule has 0 heterocycles. The van der Waals surface area contributed by atoms with Gasteiger partial charge in [-0.15, -0.1) is 0 Å². The van der Waals surface area contributed by atoms with Gasteiger partial charge >= 0.3 is 0 Å². The molecule has 0 saturated heterocycles. The molecule has 0 aromatic heterocycles. The summed E-state index contributed by atoms with van der Waals surface area (Å²) >= 11 is 7.50. The highest BCUT2D eigenvalue weighted by Crippen LogP contribution is 2.51. The molecule has 0 bridgehead atoms. The Balaban J connectivity index is 1.58. The van der Waals surface area contributed by atoms with E-state index in [-0.39, 0.29) is 17.1 Å². The van der Waals surface area contributed by atoms with Crippen molar-refractivity contribution >= 4 is 43.2 Å². The first-order valence-corrected chi connectivity index (χ1v) is 11.9. The lowest BCUT2D eigenvalue weighted by atomic mass is 9.77. The largest absolute Gasteiger partial charge is 0.295 e. The summed E-state index contributed by atoms with van der Waals surface area (Å²) in [6.45, 7) is 4.60. The molecule has 0 aliphatic heterocycles. The van der Waals surface area contributed by atoms with E-state index in [9.17, 15) is 4.79 Å². The number of carbonyl (C=O) groups excluding carboxylic acids is 1. The van der Waals surface area contributed by atoms with Gasteiger partial charge in [0.05, 0.1) is 0 Å². The molecule has 0 saturated carbocycles. The molecule has 0 N–H and O–H groups in total. The highest BCUT2D eigenvalue weighted by Gasteiger charge is 2.37. The molecule has 30 heavy (non-hydrogen) atoms. The fraction of sp³-hybridized carbons (Fsp3) is 0.222. The Kier molecular flexibility index (Phi) is 4.87. The van der Waals surface area contributed by atoms with Crippen molar-refractivity contribution in [3.63, 3.8) is 0 Å². The Morgan fingerprint density at radius 3 is 2.27 bits per heavy atom. The van der Waals surface area contributed by atoms with Crippen LogP contribution in [0.2, 0.25) is 0 Å². The van der Waals surface area contributed by atoms with E-state index >= 15 is 0 Å². The van der Waals surface area contributed by atoms with Gasteiger partial charge in [0.2, 0.25) is 0 Å². The number of rotatable bonds is 2. The van der Waals surface area contributed by atoms with Crippen molar-refractivity contribution in [2.75, 3.05) is 0 Å². The summed E-state index contributed by atoms with van der Waals surface area (Å²) in [5.41, 5.74) is 8.76. The average Bonchev–Trinajstić information content (AvgIpc) is 2.94. The smallest absolute Gasteiger partial charge is 0.156 e. The maximum atomic E-state index is 12.7. The maximum absolute atomic E-state index is 12.7. The van der Waals surface area contributed by atoms with Gasteiger partial charge in [0.1, 0.15) is 0 Å². The van der Waals surface area contributed by atoms with Crippen molar-refractivity contribution < 1.29 is 4.79 Å². The molecule has 2 aliphatic rings. The van der Waals surface area contributed by atoms with Gasteiger partial charge in [-0.25, -0.2) is 0 Å². The summed E-state index contributed by atoms with van der Waals surface area (Å²) in [5.74, 6) is 0.371. The number of carbonyl (C=O) groups is 1. The first kappa shape index (κ1) is 20.0. The molecule has 150 valence electrons. The molecular formula is C27H22Br2O. The van der Waals surface area contributed by atoms with Gasteiger partial charge in [-0.05, 0) is 69.5 Å². The van der Waals surface area contributed by atoms with E-state index in [2.05, 4.69) is 88.2 Å². The summed E-state index contributed by atoms with van der Waals surface area (Å²) in [7, 11) is 0. The van der Waals surface area contributed by atoms with Crippen LogP contribution in [0.15, 0.2) is 75.7 Å². The zero-order valence-corrected chi connectivity index (χ0v) is 20.2. The number of benzene rings is 3. The maximum Gasteiger partial charge on any atom is 0.156 e. The van der Waals surface area contributed by atoms with Crippen molar-refractivity contribution in [3.8, 4) is 11.1 Å². The molecule has 2 aliphatic carbocycles. The van der Waals surface area contributed by atoms with Crippen LogP contribution in [0.1, 0.15) is 54.9 Å². The fourth-order valence-electron chi connectivity index (χ4n) is 5.07. The van der Waals surface area contributed by atoms with Gasteiger partial charge in [0, 0.05) is 20.8 Å². The van der Waals surface area contributed by atoms with E-state index < -0.39 is 0 Å². The lowest BCUT2D eigenvalue weighted by Crippen LogP contribution is -2.17. The second kappa shape index (κ2) is 7.32. The monoisotopic (exact) mass is 520 g/mol. The van der Waals surface area contributed by atoms with Gasteiger partial charge in [0.15, 0.2) is 5.78 Å². The summed E-state index contributed by atoms with van der Waals surface area (Å²) < 4.78 is 2.13. The lowest BCUT2D eigenvalue weighted by molar-refractivity contribution is -0.115. The molecule has 1 atom stereocenters. The fourth-order valence-corrected chi connectivity index (χ4v) is 6.28. The van der Waals surface area contributed by atoms with Crippen LogP contribution in [0.4, 0.5) is 0 Å². The summed E-state index contributed by atoms with van der Waals surface area (Å²) in [6.07, 6.45) is 3.25. The first-order valence-electron chi connectivity index (χ1n) is 10.3. The third-order valence-corrected chi connectivity index (χ3v) is 7.99. The molecule has 5 rings (SSSR count). The second-order valence-corrected chi connectivity index (χ2v) is 10.5. The topological polar surface area (TPSA) is 17.1 Å². The molecule has 3 aromatic carbocycles. The van der Waals surface area contributed by atoms with Crippen LogP contribution in [-0.2, 0) is 10.2 Å². The Hall–Kier alpha value is -1.97. The van der Waals surface area contributed by atoms with Crippen molar-refractivity contribution in [2.45, 2.75) is 38.0 Å². The second-order valence-electron chi connectivity index (χ2n) is 8.81. The predicted molar refractivity (Wildman–Crippen MR) is 131 cm³/mol. The van der Waals surface area contributed by atoms with Crippen LogP contribution in [0.3, 0.4) is 0 Å². The van der Waals surface area contributed by atoms with Crippen LogP contribution in [0, 0.1) is 0 Å². The van der Waals surface area contributed by atoms with Crippen LogP contribution < -0.4 is 0 Å². The molecule has 1 unspecified atom stereocenters. The average molecular weight is 522 g/mol. The molecule has 0 spiro atoms. The Labute approximate surface area is 194 Å². The summed E-state index contributed by atoms with van der Waals surface area (Å²) in [4.78, 5) is 12.7. The third-order valence-electron chi connectivity index (χ3n) is 6.61. The Bertz CT molecular complexity index is 1220. The molecule has 0 amide bonds. The van der Waals surface area contributed by atoms with E-state index in [1.807, 2.05) is 24.3 Å². The molecule has 3 heteroatoms. The minimum absolute atomic E-state index is 0.0405. The van der Waals surface area contributed by atoms with Gasteiger partial charge in [0.25, 0.3) is 0 Å². The van der Waals surface area contributed by atoms with E-state index in [4.69, 9.17) is 0 Å². The van der Waals surface area contributed by atoms with Crippen molar-refractivity contribution in [2.24, 2.45) is 0 Å². The minimum atomic E-state index is -0.0405. The van der Waals surface area contributed by atoms with Crippen molar-refractivity contribution in [1.82, 2.24) is 0 Å². The number of hydrogen-bond donors (Lipinski definition) is 0. The SMILES string of the molecule is CC1(C)c2ccccc2-c2cc(Br)c(C3CC(=O)C=C(c4ccccc4Br)C3)cc21. The molecule has 0 radical (unpaired) electrons. The number of halogens is 2. The lowest BCUT2D eigenvalue weighted by Gasteiger charge is -2.27. The van der Waals surface area contributed by atoms with Crippen molar-refractivity contribution in [3.05, 3.63) is 97.9 Å². The number of allylic oxidation sites excluding steroid dienone is 2. The predicted octanol–water partition coefficient (Wildman–Crippen LogP) is 8.05. The number of fused-ring (bicyclic) bond motifs is 3. The van der Waals surface area contributed by atoms with Crippen LogP contribution in [-0.4, -0.2) is 5.78 Å². The Morgan fingerprint density at radius 2 is 1.50 bits per heavy atom. The summed E-state index contributed by atoms with van der Waals surface area (Å²) in [5, 5.41) is 0. The quantitative estimate of drug-likeness (QED) is 0.333. The van der Waals surface area contributed by atoms with Gasteiger partial charge in [-0.3, -0.25) is 4.79 Å². The highest BCUT2D eigenvalue weighted by molar-refractivity contribution is 9.10. The van der Waals surface area contributed by atoms with E-state index in [0.717, 1.165) is 26.5 Å². The van der Waals surface area contributed by atoms with Crippen LogP contribution >= 0.6 is 31.9 Å². The zero-order valence-electron chi connectivity index (χ0n) is 17.0. The van der Waals surface area contributed by atoms with E-state index in [0.29, 0.717) is 6.42 Å². The van der Waals surface area contributed by atoms with Gasteiger partial charge < -0.3 is 0 Å². The standard InChI is InChI=1S/C27H22Br2O/c1-27(2)23-9-5-3-8-20(23)22-15-26(29)21(14-24(22)27)17-11-16(12-18(30)13-17)19-7-4-6-10-25(19)28/h3-10,12,14-15,17H,11,13H2,1-2H3. The van der Waals surface area contributed by atoms with Crippen LogP contribution in [0.5, 0.6) is 0 Å². The van der Waals surface area contributed by atoms with Gasteiger partial charge in [-0.1, -0.05) is 94.2 Å². The van der Waals surface area contributed by atoms with E-state index in [1.165, 1.54) is 27.8 Å². The number of hydrogen-bond acceptors (Lipinski definition) is 1. The van der Waals surface area contributed by atoms with E-state index in [1.54, 1.807) is 0 Å². The highest BCUT2D eigenvalue weighted by atomic mass is 79.9.